The summed E-state index contributed by atoms with van der Waals surface area (Å²) in [6.45, 7) is 1.91. The van der Waals surface area contributed by atoms with E-state index in [0.717, 1.165) is 22.3 Å². The van der Waals surface area contributed by atoms with E-state index < -0.39 is 22.2 Å². The smallest absolute Gasteiger partial charge is 0.310 e. The predicted octanol–water partition coefficient (Wildman–Crippen LogP) is 4.25. The Balaban J connectivity index is 1.51. The third-order valence-corrected chi connectivity index (χ3v) is 6.75. The fraction of sp³-hybridized carbons (Fsp3) is 0.208. The van der Waals surface area contributed by atoms with E-state index in [1.54, 1.807) is 24.3 Å². The Morgan fingerprint density at radius 2 is 1.57 bits per heavy atom. The van der Waals surface area contributed by atoms with Gasteiger partial charge in [-0.15, -0.1) is 0 Å². The minimum atomic E-state index is -3.69. The van der Waals surface area contributed by atoms with E-state index in [-0.39, 0.29) is 17.3 Å². The standard InChI is InChI=1S/C24H23NO4S/c1-17-11-13-19(14-12-17)30(27,28)25-22-16-23(21-10-6-5-9-20(21)22)29-24(26)15-18-7-3-2-4-8-18/h2-14,22-23,25H,15-16H2,1H3/t22-,23+/m1/s1. The lowest BCUT2D eigenvalue weighted by atomic mass is 10.1. The van der Waals surface area contributed by atoms with Gasteiger partial charge in [-0.25, -0.2) is 13.1 Å². The summed E-state index contributed by atoms with van der Waals surface area (Å²) < 4.78 is 34.2. The van der Waals surface area contributed by atoms with Gasteiger partial charge in [0, 0.05) is 6.42 Å². The van der Waals surface area contributed by atoms with Crippen LogP contribution in [0.5, 0.6) is 0 Å². The zero-order chi connectivity index (χ0) is 21.1. The predicted molar refractivity (Wildman–Crippen MR) is 114 cm³/mol. The summed E-state index contributed by atoms with van der Waals surface area (Å²) in [4.78, 5) is 12.7. The second kappa shape index (κ2) is 8.42. The van der Waals surface area contributed by atoms with Crippen LogP contribution in [0.3, 0.4) is 0 Å². The summed E-state index contributed by atoms with van der Waals surface area (Å²) in [5, 5.41) is 0. The minimum Gasteiger partial charge on any atom is -0.457 e. The van der Waals surface area contributed by atoms with E-state index in [1.807, 2.05) is 61.5 Å². The first-order chi connectivity index (χ1) is 14.4. The van der Waals surface area contributed by atoms with Crippen LogP contribution < -0.4 is 4.72 Å². The number of hydrogen-bond acceptors (Lipinski definition) is 4. The maximum absolute atomic E-state index is 12.9. The van der Waals surface area contributed by atoms with Gasteiger partial charge in [0.1, 0.15) is 6.10 Å². The number of benzene rings is 3. The van der Waals surface area contributed by atoms with Crippen molar-refractivity contribution in [3.05, 3.63) is 101 Å². The number of sulfonamides is 1. The third-order valence-electron chi connectivity index (χ3n) is 5.26. The molecule has 154 valence electrons. The largest absolute Gasteiger partial charge is 0.457 e. The van der Waals surface area contributed by atoms with Crippen LogP contribution in [-0.2, 0) is 26.0 Å². The van der Waals surface area contributed by atoms with Gasteiger partial charge < -0.3 is 4.74 Å². The molecular weight excluding hydrogens is 398 g/mol. The topological polar surface area (TPSA) is 72.5 Å². The van der Waals surface area contributed by atoms with Gasteiger partial charge in [0.25, 0.3) is 0 Å². The van der Waals surface area contributed by atoms with Gasteiger partial charge in [-0.05, 0) is 35.7 Å². The third kappa shape index (κ3) is 4.45. The van der Waals surface area contributed by atoms with Gasteiger partial charge >= 0.3 is 5.97 Å². The highest BCUT2D eigenvalue weighted by Gasteiger charge is 2.35. The van der Waals surface area contributed by atoms with Crippen LogP contribution in [0.2, 0.25) is 0 Å². The molecule has 2 atom stereocenters. The Morgan fingerprint density at radius 1 is 0.933 bits per heavy atom. The molecule has 3 aromatic rings. The molecule has 5 nitrogen and oxygen atoms in total. The maximum Gasteiger partial charge on any atom is 0.310 e. The average Bonchev–Trinajstić information content (AvgIpc) is 3.06. The lowest BCUT2D eigenvalue weighted by molar-refractivity contribution is -0.148. The quantitative estimate of drug-likeness (QED) is 0.604. The number of aryl methyl sites for hydroxylation is 1. The zero-order valence-electron chi connectivity index (χ0n) is 16.6. The van der Waals surface area contributed by atoms with E-state index in [0.29, 0.717) is 6.42 Å². The molecule has 1 aliphatic rings. The molecule has 1 aliphatic carbocycles. The molecular formula is C24H23NO4S. The van der Waals surface area contributed by atoms with Crippen molar-refractivity contribution in [1.29, 1.82) is 0 Å². The highest BCUT2D eigenvalue weighted by Crippen LogP contribution is 2.41. The average molecular weight is 422 g/mol. The summed E-state index contributed by atoms with van der Waals surface area (Å²) in [6, 6.07) is 23.2. The first-order valence-electron chi connectivity index (χ1n) is 9.83. The van der Waals surface area contributed by atoms with Crippen LogP contribution in [-0.4, -0.2) is 14.4 Å². The van der Waals surface area contributed by atoms with E-state index in [9.17, 15) is 13.2 Å². The molecule has 0 fully saturated rings. The van der Waals surface area contributed by atoms with Crippen LogP contribution >= 0.6 is 0 Å². The number of hydrogen-bond donors (Lipinski definition) is 1. The maximum atomic E-state index is 12.9. The molecule has 0 saturated carbocycles. The lowest BCUT2D eigenvalue weighted by Crippen LogP contribution is -2.27. The van der Waals surface area contributed by atoms with Crippen LogP contribution in [0.1, 0.15) is 40.8 Å². The molecule has 0 unspecified atom stereocenters. The molecule has 0 heterocycles. The van der Waals surface area contributed by atoms with Crippen molar-refractivity contribution in [2.45, 2.75) is 36.8 Å². The molecule has 0 spiro atoms. The Kier molecular flexibility index (Phi) is 5.70. The molecule has 4 rings (SSSR count). The molecule has 0 bridgehead atoms. The van der Waals surface area contributed by atoms with E-state index in [4.69, 9.17) is 4.74 Å². The number of carbonyl (C=O) groups excluding carboxylic acids is 1. The van der Waals surface area contributed by atoms with Gasteiger partial charge in [-0.3, -0.25) is 4.79 Å². The van der Waals surface area contributed by atoms with Crippen molar-refractivity contribution in [3.63, 3.8) is 0 Å². The van der Waals surface area contributed by atoms with E-state index in [1.165, 1.54) is 0 Å². The van der Waals surface area contributed by atoms with Gasteiger partial charge in [0.15, 0.2) is 0 Å². The fourth-order valence-electron chi connectivity index (χ4n) is 3.75. The van der Waals surface area contributed by atoms with Crippen molar-refractivity contribution in [1.82, 2.24) is 4.72 Å². The summed E-state index contributed by atoms with van der Waals surface area (Å²) in [7, 11) is -3.69. The Morgan fingerprint density at radius 3 is 2.27 bits per heavy atom. The highest BCUT2D eigenvalue weighted by molar-refractivity contribution is 7.89. The molecule has 0 amide bonds. The van der Waals surface area contributed by atoms with Crippen LogP contribution in [0, 0.1) is 6.92 Å². The highest BCUT2D eigenvalue weighted by atomic mass is 32.2. The van der Waals surface area contributed by atoms with Crippen LogP contribution in [0.4, 0.5) is 0 Å². The molecule has 3 aromatic carbocycles. The number of rotatable bonds is 6. The minimum absolute atomic E-state index is 0.180. The molecule has 30 heavy (non-hydrogen) atoms. The Hall–Kier alpha value is -2.96. The van der Waals surface area contributed by atoms with Crippen molar-refractivity contribution < 1.29 is 17.9 Å². The SMILES string of the molecule is Cc1ccc(S(=O)(=O)N[C@@H]2C[C@H](OC(=O)Cc3ccccc3)c3ccccc32)cc1. The van der Waals surface area contributed by atoms with Crippen LogP contribution in [0.25, 0.3) is 0 Å². The number of ether oxygens (including phenoxy) is 1. The molecule has 6 heteroatoms. The molecule has 0 saturated heterocycles. The summed E-state index contributed by atoms with van der Waals surface area (Å²) in [5.74, 6) is -0.331. The van der Waals surface area contributed by atoms with Crippen molar-refractivity contribution in [2.24, 2.45) is 0 Å². The second-order valence-electron chi connectivity index (χ2n) is 7.49. The monoisotopic (exact) mass is 421 g/mol. The molecule has 0 aromatic heterocycles. The Labute approximate surface area is 176 Å². The van der Waals surface area contributed by atoms with E-state index in [2.05, 4.69) is 4.72 Å². The summed E-state index contributed by atoms with van der Waals surface area (Å²) in [5.41, 5.74) is 3.55. The molecule has 0 radical (unpaired) electrons. The van der Waals surface area contributed by atoms with Gasteiger partial charge in [0.2, 0.25) is 10.0 Å². The van der Waals surface area contributed by atoms with E-state index >= 15 is 0 Å². The van der Waals surface area contributed by atoms with Gasteiger partial charge in [-0.1, -0.05) is 72.3 Å². The van der Waals surface area contributed by atoms with Crippen molar-refractivity contribution in [2.75, 3.05) is 0 Å². The van der Waals surface area contributed by atoms with Crippen LogP contribution in [0.15, 0.2) is 83.8 Å². The number of nitrogens with one attached hydrogen (secondary N) is 1. The first kappa shape index (κ1) is 20.3. The zero-order valence-corrected chi connectivity index (χ0v) is 17.4. The molecule has 1 N–H and O–H groups in total. The number of carbonyl (C=O) groups is 1. The fourth-order valence-corrected chi connectivity index (χ4v) is 4.98. The summed E-state index contributed by atoms with van der Waals surface area (Å²) >= 11 is 0. The van der Waals surface area contributed by atoms with Gasteiger partial charge in [-0.2, -0.15) is 0 Å². The second-order valence-corrected chi connectivity index (χ2v) is 9.21. The Bertz CT molecular complexity index is 1140. The van der Waals surface area contributed by atoms with Crippen molar-refractivity contribution >= 4 is 16.0 Å². The lowest BCUT2D eigenvalue weighted by Gasteiger charge is -2.15. The van der Waals surface area contributed by atoms with Crippen molar-refractivity contribution in [3.8, 4) is 0 Å². The normalized spacial score (nSPS) is 18.0. The summed E-state index contributed by atoms with van der Waals surface area (Å²) in [6.07, 6.45) is 0.0627. The molecule has 0 aliphatic heterocycles. The first-order valence-corrected chi connectivity index (χ1v) is 11.3. The van der Waals surface area contributed by atoms with Gasteiger partial charge in [0.05, 0.1) is 17.4 Å². The number of fused-ring (bicyclic) bond motifs is 1. The number of esters is 1.